The van der Waals surface area contributed by atoms with Gasteiger partial charge in [0, 0.05) is 18.8 Å². The summed E-state index contributed by atoms with van der Waals surface area (Å²) in [7, 11) is 0. The predicted molar refractivity (Wildman–Crippen MR) is 77.8 cm³/mol. The Labute approximate surface area is 120 Å². The molecule has 0 spiro atoms. The van der Waals surface area contributed by atoms with Crippen LogP contribution in [0.2, 0.25) is 0 Å². The first-order chi connectivity index (χ1) is 9.68. The molecule has 2 N–H and O–H groups in total. The van der Waals surface area contributed by atoms with Crippen LogP contribution in [0.4, 0.5) is 0 Å². The second-order valence-corrected chi connectivity index (χ2v) is 5.55. The summed E-state index contributed by atoms with van der Waals surface area (Å²) in [6.07, 6.45) is 7.62. The summed E-state index contributed by atoms with van der Waals surface area (Å²) in [5.41, 5.74) is 2.23. The maximum Gasteiger partial charge on any atom is 0.255 e. The zero-order valence-electron chi connectivity index (χ0n) is 12.5. The summed E-state index contributed by atoms with van der Waals surface area (Å²) in [5.74, 6) is -0.0496. The smallest absolute Gasteiger partial charge is 0.255 e. The topological polar surface area (TPSA) is 67.0 Å². The van der Waals surface area contributed by atoms with Gasteiger partial charge in [0.2, 0.25) is 0 Å². The molecule has 1 aliphatic carbocycles. The van der Waals surface area contributed by atoms with Crippen LogP contribution >= 0.6 is 0 Å². The normalized spacial score (nSPS) is 16.3. The predicted octanol–water partition coefficient (Wildman–Crippen LogP) is 2.50. The van der Waals surface area contributed by atoms with Crippen LogP contribution < -0.4 is 5.32 Å². The molecule has 1 saturated carbocycles. The first-order valence-corrected chi connectivity index (χ1v) is 7.60. The molecule has 0 bridgehead atoms. The third-order valence-electron chi connectivity index (χ3n) is 3.87. The number of nitrogens with one attached hydrogen (secondary N) is 2. The maximum atomic E-state index is 12.0. The fraction of sp³-hybridized carbons (Fsp3) is 0.733. The molecule has 20 heavy (non-hydrogen) atoms. The Bertz CT molecular complexity index is 417. The van der Waals surface area contributed by atoms with Gasteiger partial charge in [-0.1, -0.05) is 19.3 Å². The van der Waals surface area contributed by atoms with Crippen molar-refractivity contribution < 1.29 is 9.53 Å². The highest BCUT2D eigenvalue weighted by atomic mass is 16.5. The average molecular weight is 279 g/mol. The molecule has 0 atom stereocenters. The minimum atomic E-state index is -0.0496. The number of aromatic nitrogens is 2. The minimum absolute atomic E-state index is 0.0496. The van der Waals surface area contributed by atoms with E-state index in [9.17, 15) is 4.79 Å². The van der Waals surface area contributed by atoms with E-state index in [1.807, 2.05) is 13.8 Å². The number of carbonyl (C=O) groups excluding carboxylic acids is 1. The first-order valence-electron chi connectivity index (χ1n) is 7.60. The molecule has 0 saturated heterocycles. The Hall–Kier alpha value is -1.36. The zero-order valence-corrected chi connectivity index (χ0v) is 12.5. The fourth-order valence-electron chi connectivity index (χ4n) is 2.73. The quantitative estimate of drug-likeness (QED) is 0.786. The fourth-order valence-corrected chi connectivity index (χ4v) is 2.73. The van der Waals surface area contributed by atoms with Crippen molar-refractivity contribution in [1.82, 2.24) is 15.5 Å². The lowest BCUT2D eigenvalue weighted by Crippen LogP contribution is -2.27. The van der Waals surface area contributed by atoms with Crippen molar-refractivity contribution in [2.24, 2.45) is 0 Å². The Kier molecular flexibility index (Phi) is 5.59. The van der Waals surface area contributed by atoms with E-state index in [2.05, 4.69) is 15.5 Å². The molecule has 2 rings (SSSR count). The first kappa shape index (κ1) is 15.0. The summed E-state index contributed by atoms with van der Waals surface area (Å²) in [6, 6.07) is 0. The third-order valence-corrected chi connectivity index (χ3v) is 3.87. The minimum Gasteiger partial charge on any atom is -0.378 e. The van der Waals surface area contributed by atoms with E-state index < -0.39 is 0 Å². The van der Waals surface area contributed by atoms with Crippen LogP contribution in [-0.2, 0) is 4.74 Å². The van der Waals surface area contributed by atoms with Crippen LogP contribution in [0.5, 0.6) is 0 Å². The number of amides is 1. The van der Waals surface area contributed by atoms with Gasteiger partial charge in [0.15, 0.2) is 0 Å². The van der Waals surface area contributed by atoms with Crippen LogP contribution in [0.1, 0.15) is 60.3 Å². The molecule has 1 aliphatic rings. The van der Waals surface area contributed by atoms with Gasteiger partial charge in [-0.2, -0.15) is 5.10 Å². The van der Waals surface area contributed by atoms with Gasteiger partial charge in [-0.05, 0) is 33.1 Å². The number of hydrogen-bond donors (Lipinski definition) is 2. The van der Waals surface area contributed by atoms with E-state index >= 15 is 0 Å². The van der Waals surface area contributed by atoms with Crippen molar-refractivity contribution in [3.8, 4) is 0 Å². The average Bonchev–Trinajstić information content (AvgIpc) is 2.79. The van der Waals surface area contributed by atoms with Gasteiger partial charge in [0.1, 0.15) is 0 Å². The Morgan fingerprint density at radius 2 is 2.10 bits per heavy atom. The summed E-state index contributed by atoms with van der Waals surface area (Å²) in [4.78, 5) is 12.0. The van der Waals surface area contributed by atoms with E-state index in [0.717, 1.165) is 24.4 Å². The lowest BCUT2D eigenvalue weighted by Gasteiger charge is -2.21. The van der Waals surface area contributed by atoms with Crippen molar-refractivity contribution in [3.05, 3.63) is 17.0 Å². The van der Waals surface area contributed by atoms with Crippen molar-refractivity contribution in [1.29, 1.82) is 0 Å². The highest BCUT2D eigenvalue weighted by Gasteiger charge is 2.15. The molecule has 112 valence electrons. The molecule has 5 nitrogen and oxygen atoms in total. The van der Waals surface area contributed by atoms with E-state index in [0.29, 0.717) is 18.2 Å². The monoisotopic (exact) mass is 279 g/mol. The number of ether oxygens (including phenoxy) is 1. The van der Waals surface area contributed by atoms with E-state index in [4.69, 9.17) is 4.74 Å². The number of hydrogen-bond acceptors (Lipinski definition) is 3. The standard InChI is InChI=1S/C15H25N3O2/c1-11-14(12(2)18-17-11)15(19)16-9-6-10-20-13-7-4-3-5-8-13/h13H,3-10H2,1-2H3,(H,16,19)(H,17,18). The lowest BCUT2D eigenvalue weighted by molar-refractivity contribution is 0.0273. The van der Waals surface area contributed by atoms with Crippen LogP contribution in [-0.4, -0.2) is 35.4 Å². The summed E-state index contributed by atoms with van der Waals surface area (Å²) in [5, 5.41) is 9.78. The van der Waals surface area contributed by atoms with Gasteiger partial charge < -0.3 is 10.1 Å². The number of carbonyl (C=O) groups is 1. The van der Waals surface area contributed by atoms with Gasteiger partial charge in [0.25, 0.3) is 5.91 Å². The molecule has 0 unspecified atom stereocenters. The molecular weight excluding hydrogens is 254 g/mol. The molecular formula is C15H25N3O2. The van der Waals surface area contributed by atoms with Gasteiger partial charge in [0.05, 0.1) is 17.4 Å². The summed E-state index contributed by atoms with van der Waals surface area (Å²) < 4.78 is 5.83. The van der Waals surface area contributed by atoms with Crippen LogP contribution in [0.3, 0.4) is 0 Å². The SMILES string of the molecule is Cc1n[nH]c(C)c1C(=O)NCCCOC1CCCCC1. The van der Waals surface area contributed by atoms with Crippen molar-refractivity contribution in [3.63, 3.8) is 0 Å². The largest absolute Gasteiger partial charge is 0.378 e. The van der Waals surface area contributed by atoms with E-state index in [-0.39, 0.29) is 5.91 Å². The second-order valence-electron chi connectivity index (χ2n) is 5.55. The third kappa shape index (κ3) is 4.07. The van der Waals surface area contributed by atoms with E-state index in [1.54, 1.807) is 0 Å². The molecule has 0 aliphatic heterocycles. The molecule has 1 heterocycles. The number of aryl methyl sites for hydroxylation is 2. The molecule has 0 radical (unpaired) electrons. The number of aromatic amines is 1. The summed E-state index contributed by atoms with van der Waals surface area (Å²) >= 11 is 0. The number of nitrogens with zero attached hydrogens (tertiary/aromatic N) is 1. The Morgan fingerprint density at radius 1 is 1.35 bits per heavy atom. The van der Waals surface area contributed by atoms with Crippen molar-refractivity contribution in [2.75, 3.05) is 13.2 Å². The van der Waals surface area contributed by atoms with Gasteiger partial charge in [-0.25, -0.2) is 0 Å². The molecule has 0 aromatic carbocycles. The van der Waals surface area contributed by atoms with E-state index in [1.165, 1.54) is 32.1 Å². The second kappa shape index (κ2) is 7.43. The van der Waals surface area contributed by atoms with Gasteiger partial charge in [-0.15, -0.1) is 0 Å². The Morgan fingerprint density at radius 3 is 2.75 bits per heavy atom. The highest BCUT2D eigenvalue weighted by Crippen LogP contribution is 2.20. The van der Waals surface area contributed by atoms with Crippen LogP contribution in [0.25, 0.3) is 0 Å². The number of rotatable bonds is 6. The number of H-pyrrole nitrogens is 1. The van der Waals surface area contributed by atoms with Crippen molar-refractivity contribution >= 4 is 5.91 Å². The molecule has 1 fully saturated rings. The summed E-state index contributed by atoms with van der Waals surface area (Å²) in [6.45, 7) is 5.08. The van der Waals surface area contributed by atoms with Crippen molar-refractivity contribution in [2.45, 2.75) is 58.5 Å². The van der Waals surface area contributed by atoms with Gasteiger partial charge in [-0.3, -0.25) is 9.89 Å². The molecule has 5 heteroatoms. The molecule has 1 aromatic rings. The van der Waals surface area contributed by atoms with Gasteiger partial charge >= 0.3 is 0 Å². The zero-order chi connectivity index (χ0) is 14.4. The Balaban J connectivity index is 1.62. The molecule has 1 amide bonds. The van der Waals surface area contributed by atoms with Crippen LogP contribution in [0.15, 0.2) is 0 Å². The lowest BCUT2D eigenvalue weighted by atomic mass is 9.98. The van der Waals surface area contributed by atoms with Crippen LogP contribution in [0, 0.1) is 13.8 Å². The maximum absolute atomic E-state index is 12.0. The molecule has 1 aromatic heterocycles. The highest BCUT2D eigenvalue weighted by molar-refractivity contribution is 5.96.